The molecule has 2 aromatic rings. The number of likely N-dealkylation sites (tertiary alicyclic amines) is 1. The van der Waals surface area contributed by atoms with Crippen molar-refractivity contribution in [2.75, 3.05) is 11.9 Å². The summed E-state index contributed by atoms with van der Waals surface area (Å²) >= 11 is 5.93. The maximum atomic E-state index is 12.5. The molecule has 2 atom stereocenters. The Morgan fingerprint density at radius 2 is 1.79 bits per heavy atom. The summed E-state index contributed by atoms with van der Waals surface area (Å²) in [4.78, 5) is 26.8. The van der Waals surface area contributed by atoms with E-state index < -0.39 is 0 Å². The summed E-state index contributed by atoms with van der Waals surface area (Å²) in [5.74, 6) is 0.327. The number of nitrogens with one attached hydrogen (secondary N) is 1. The van der Waals surface area contributed by atoms with E-state index in [1.165, 1.54) is 0 Å². The third kappa shape index (κ3) is 5.04. The fraction of sp³-hybridized carbons (Fsp3) is 0.364. The first-order chi connectivity index (χ1) is 13.4. The van der Waals surface area contributed by atoms with Crippen molar-refractivity contribution < 1.29 is 14.3 Å². The van der Waals surface area contributed by atoms with Crippen LogP contribution in [0, 0.1) is 0 Å². The quantitative estimate of drug-likeness (QED) is 0.787. The van der Waals surface area contributed by atoms with Gasteiger partial charge in [0.15, 0.2) is 6.61 Å². The first kappa shape index (κ1) is 20.2. The molecule has 6 heteroatoms. The van der Waals surface area contributed by atoms with Crippen molar-refractivity contribution in [1.82, 2.24) is 4.90 Å². The number of anilines is 1. The number of ether oxygens (including phenoxy) is 1. The zero-order valence-electron chi connectivity index (χ0n) is 16.2. The van der Waals surface area contributed by atoms with Gasteiger partial charge in [-0.25, -0.2) is 0 Å². The average Bonchev–Trinajstić information content (AvgIpc) is 2.66. The lowest BCUT2D eigenvalue weighted by Gasteiger charge is -2.38. The lowest BCUT2D eigenvalue weighted by atomic mass is 9.97. The molecule has 2 amide bonds. The summed E-state index contributed by atoms with van der Waals surface area (Å²) in [6.45, 7) is 4.17. The molecule has 0 bridgehead atoms. The molecule has 1 heterocycles. The molecule has 0 radical (unpaired) electrons. The van der Waals surface area contributed by atoms with E-state index in [2.05, 4.69) is 19.2 Å². The maximum absolute atomic E-state index is 12.5. The highest BCUT2D eigenvalue weighted by molar-refractivity contribution is 6.30. The van der Waals surface area contributed by atoms with Gasteiger partial charge in [-0.15, -0.1) is 0 Å². The summed E-state index contributed by atoms with van der Waals surface area (Å²) in [6, 6.07) is 14.2. The zero-order chi connectivity index (χ0) is 20.1. The Labute approximate surface area is 170 Å². The van der Waals surface area contributed by atoms with Gasteiger partial charge >= 0.3 is 0 Å². The summed E-state index contributed by atoms with van der Waals surface area (Å²) in [5.41, 5.74) is 1.13. The predicted molar refractivity (Wildman–Crippen MR) is 111 cm³/mol. The molecule has 1 N–H and O–H groups in total. The summed E-state index contributed by atoms with van der Waals surface area (Å²) < 4.78 is 5.65. The Morgan fingerprint density at radius 1 is 1.11 bits per heavy atom. The van der Waals surface area contributed by atoms with Crippen LogP contribution in [0.25, 0.3) is 0 Å². The molecule has 2 aromatic carbocycles. The minimum absolute atomic E-state index is 0.00229. The molecule has 1 fully saturated rings. The summed E-state index contributed by atoms with van der Waals surface area (Å²) in [7, 11) is 0. The van der Waals surface area contributed by atoms with E-state index in [9.17, 15) is 9.59 Å². The Morgan fingerprint density at radius 3 is 2.43 bits per heavy atom. The molecule has 0 aromatic heterocycles. The van der Waals surface area contributed by atoms with Crippen molar-refractivity contribution >= 4 is 29.1 Å². The summed E-state index contributed by atoms with van der Waals surface area (Å²) in [5, 5.41) is 3.36. The highest BCUT2D eigenvalue weighted by Gasteiger charge is 2.28. The molecule has 0 spiro atoms. The number of benzene rings is 2. The van der Waals surface area contributed by atoms with Crippen LogP contribution in [0.5, 0.6) is 5.75 Å². The normalized spacial score (nSPS) is 19.2. The molecular weight excluding hydrogens is 376 g/mol. The Kier molecular flexibility index (Phi) is 6.57. The fourth-order valence-corrected chi connectivity index (χ4v) is 3.79. The second kappa shape index (κ2) is 9.11. The van der Waals surface area contributed by atoms with E-state index in [-0.39, 0.29) is 30.5 Å². The topological polar surface area (TPSA) is 58.6 Å². The molecule has 2 unspecified atom stereocenters. The van der Waals surface area contributed by atoms with Gasteiger partial charge in [0.25, 0.3) is 11.8 Å². The zero-order valence-corrected chi connectivity index (χ0v) is 16.9. The predicted octanol–water partition coefficient (Wildman–Crippen LogP) is 4.76. The van der Waals surface area contributed by atoms with Crippen LogP contribution in [0.3, 0.4) is 0 Å². The molecule has 3 rings (SSSR count). The third-order valence-electron chi connectivity index (χ3n) is 5.04. The molecule has 148 valence electrons. The van der Waals surface area contributed by atoms with Crippen molar-refractivity contribution in [2.24, 2.45) is 0 Å². The number of rotatable bonds is 5. The molecule has 0 aliphatic carbocycles. The lowest BCUT2D eigenvalue weighted by molar-refractivity contribution is -0.139. The molecule has 1 saturated heterocycles. The van der Waals surface area contributed by atoms with Gasteiger partial charge in [0.2, 0.25) is 0 Å². The van der Waals surface area contributed by atoms with Crippen molar-refractivity contribution in [2.45, 2.75) is 45.2 Å². The van der Waals surface area contributed by atoms with E-state index in [1.54, 1.807) is 48.5 Å². The number of nitrogens with zero attached hydrogens (tertiary/aromatic N) is 1. The van der Waals surface area contributed by atoms with Crippen LogP contribution >= 0.6 is 11.6 Å². The monoisotopic (exact) mass is 400 g/mol. The van der Waals surface area contributed by atoms with Crippen LogP contribution in [-0.4, -0.2) is 35.4 Å². The highest BCUT2D eigenvalue weighted by atomic mass is 35.5. The fourth-order valence-electron chi connectivity index (χ4n) is 3.60. The van der Waals surface area contributed by atoms with E-state index >= 15 is 0 Å². The highest BCUT2D eigenvalue weighted by Crippen LogP contribution is 2.23. The summed E-state index contributed by atoms with van der Waals surface area (Å²) in [6.07, 6.45) is 3.23. The number of carbonyl (C=O) groups is 2. The van der Waals surface area contributed by atoms with Crippen molar-refractivity contribution in [1.29, 1.82) is 0 Å². The van der Waals surface area contributed by atoms with E-state index in [1.807, 2.05) is 4.90 Å². The van der Waals surface area contributed by atoms with Gasteiger partial charge in [0.05, 0.1) is 0 Å². The van der Waals surface area contributed by atoms with Gasteiger partial charge in [-0.2, -0.15) is 0 Å². The van der Waals surface area contributed by atoms with Gasteiger partial charge < -0.3 is 15.0 Å². The molecule has 1 aliphatic heterocycles. The van der Waals surface area contributed by atoms with Crippen molar-refractivity contribution in [3.63, 3.8) is 0 Å². The number of hydrogen-bond donors (Lipinski definition) is 1. The second-order valence-electron chi connectivity index (χ2n) is 7.21. The van der Waals surface area contributed by atoms with Crippen molar-refractivity contribution in [3.8, 4) is 5.75 Å². The van der Waals surface area contributed by atoms with Crippen LogP contribution in [0.1, 0.15) is 43.5 Å². The SMILES string of the molecule is CC1CCCC(C)N1C(=O)COc1ccc(C(=O)Nc2cccc(Cl)c2)cc1. The lowest BCUT2D eigenvalue weighted by Crippen LogP contribution is -2.49. The van der Waals surface area contributed by atoms with Crippen LogP contribution in [0.2, 0.25) is 5.02 Å². The van der Waals surface area contributed by atoms with Crippen LogP contribution in [0.15, 0.2) is 48.5 Å². The molecule has 28 heavy (non-hydrogen) atoms. The number of halogens is 1. The molecule has 0 saturated carbocycles. The van der Waals surface area contributed by atoms with E-state index in [0.717, 1.165) is 19.3 Å². The average molecular weight is 401 g/mol. The van der Waals surface area contributed by atoms with E-state index in [4.69, 9.17) is 16.3 Å². The first-order valence-electron chi connectivity index (χ1n) is 9.55. The first-order valence-corrected chi connectivity index (χ1v) is 9.93. The van der Waals surface area contributed by atoms with Crippen molar-refractivity contribution in [3.05, 3.63) is 59.1 Å². The van der Waals surface area contributed by atoms with Gasteiger partial charge in [-0.05, 0) is 75.6 Å². The molecule has 5 nitrogen and oxygen atoms in total. The van der Waals surface area contributed by atoms with Gasteiger partial charge in [-0.3, -0.25) is 9.59 Å². The van der Waals surface area contributed by atoms with Gasteiger partial charge in [0, 0.05) is 28.4 Å². The van der Waals surface area contributed by atoms with Crippen LogP contribution in [-0.2, 0) is 4.79 Å². The van der Waals surface area contributed by atoms with E-state index in [0.29, 0.717) is 22.0 Å². The largest absolute Gasteiger partial charge is 0.484 e. The second-order valence-corrected chi connectivity index (χ2v) is 7.64. The molecule has 1 aliphatic rings. The van der Waals surface area contributed by atoms with Crippen LogP contribution < -0.4 is 10.1 Å². The number of carbonyl (C=O) groups excluding carboxylic acids is 2. The van der Waals surface area contributed by atoms with Gasteiger partial charge in [0.1, 0.15) is 5.75 Å². The number of hydrogen-bond acceptors (Lipinski definition) is 3. The maximum Gasteiger partial charge on any atom is 0.260 e. The minimum atomic E-state index is -0.235. The third-order valence-corrected chi connectivity index (χ3v) is 5.28. The number of piperidine rings is 1. The minimum Gasteiger partial charge on any atom is -0.484 e. The Balaban J connectivity index is 1.55. The Hall–Kier alpha value is -2.53. The number of amides is 2. The Bertz CT molecular complexity index is 828. The van der Waals surface area contributed by atoms with Crippen LogP contribution in [0.4, 0.5) is 5.69 Å². The van der Waals surface area contributed by atoms with Gasteiger partial charge in [-0.1, -0.05) is 17.7 Å². The standard InChI is InChI=1S/C22H25ClN2O3/c1-15-5-3-6-16(2)25(15)21(26)14-28-20-11-9-17(10-12-20)22(27)24-19-8-4-7-18(23)13-19/h4,7-13,15-16H,3,5-6,14H2,1-2H3,(H,24,27). The smallest absolute Gasteiger partial charge is 0.260 e. The molecular formula is C22H25ClN2O3.